The minimum absolute atomic E-state index is 0.0329. The molecule has 0 aromatic rings. The predicted molar refractivity (Wildman–Crippen MR) is 100 cm³/mol. The van der Waals surface area contributed by atoms with Gasteiger partial charge in [0.1, 0.15) is 5.60 Å². The van der Waals surface area contributed by atoms with Gasteiger partial charge in [-0.3, -0.25) is 0 Å². The zero-order chi connectivity index (χ0) is 20.0. The van der Waals surface area contributed by atoms with Gasteiger partial charge in [0.05, 0.1) is 6.61 Å². The number of carbonyl (C=O) groups excluding carboxylic acids is 1. The molecule has 1 amide bonds. The number of nitrogens with one attached hydrogen (secondary N) is 1. The van der Waals surface area contributed by atoms with Crippen LogP contribution in [0.15, 0.2) is 0 Å². The average molecular weight is 373 g/mol. The molecule has 3 unspecified atom stereocenters. The number of nitrogens with zero attached hydrogens (tertiary/aromatic N) is 1. The van der Waals surface area contributed by atoms with Crippen LogP contribution in [0.4, 0.5) is 4.79 Å². The average Bonchev–Trinajstić information content (AvgIpc) is 2.42. The summed E-state index contributed by atoms with van der Waals surface area (Å²) in [5, 5.41) is 12.6. The van der Waals surface area contributed by atoms with E-state index < -0.39 is 16.8 Å². The zero-order valence-electron chi connectivity index (χ0n) is 17.2. The van der Waals surface area contributed by atoms with Crippen LogP contribution in [0.25, 0.3) is 0 Å². The number of carbonyl (C=O) groups is 1. The highest BCUT2D eigenvalue weighted by molar-refractivity contribution is 5.67. The summed E-state index contributed by atoms with van der Waals surface area (Å²) < 4.78 is 5.32. The summed E-state index contributed by atoms with van der Waals surface area (Å²) in [7, 11) is 0. The second-order valence-electron chi connectivity index (χ2n) is 9.66. The molecule has 3 atom stereocenters. The fourth-order valence-electron chi connectivity index (χ4n) is 4.32. The Kier molecular flexibility index (Phi) is 7.71. The molecule has 1 rings (SSSR count). The summed E-state index contributed by atoms with van der Waals surface area (Å²) in [6.07, 6.45) is 5.70. The van der Waals surface area contributed by atoms with Gasteiger partial charge in [-0.1, -0.05) is 33.6 Å². The van der Waals surface area contributed by atoms with Crippen molar-refractivity contribution in [3.63, 3.8) is 0 Å². The topological polar surface area (TPSA) is 90.7 Å². The van der Waals surface area contributed by atoms with Gasteiger partial charge in [-0.15, -0.1) is 10.1 Å². The fraction of sp³-hybridized carbons (Fsp3) is 0.947. The Morgan fingerprint density at radius 3 is 2.54 bits per heavy atom. The number of amides is 1. The normalized spacial score (nSPS) is 25.8. The van der Waals surface area contributed by atoms with Gasteiger partial charge in [-0.25, -0.2) is 4.79 Å². The maximum absolute atomic E-state index is 12.0. The van der Waals surface area contributed by atoms with E-state index in [9.17, 15) is 14.9 Å². The van der Waals surface area contributed by atoms with Crippen LogP contribution in [-0.4, -0.2) is 29.9 Å². The number of hydrogen-bond donors (Lipinski definition) is 1. The van der Waals surface area contributed by atoms with Crippen molar-refractivity contribution in [1.82, 2.24) is 5.32 Å². The lowest BCUT2D eigenvalue weighted by atomic mass is 9.63. The zero-order valence-corrected chi connectivity index (χ0v) is 17.2. The smallest absolute Gasteiger partial charge is 0.407 e. The van der Waals surface area contributed by atoms with Gasteiger partial charge in [0.15, 0.2) is 0 Å². The highest BCUT2D eigenvalue weighted by atomic mass is 16.9. The Bertz CT molecular complexity index is 491. The Morgan fingerprint density at radius 2 is 2.00 bits per heavy atom. The molecule has 0 aliphatic heterocycles. The Morgan fingerprint density at radius 1 is 1.35 bits per heavy atom. The van der Waals surface area contributed by atoms with Gasteiger partial charge in [0.2, 0.25) is 0 Å². The van der Waals surface area contributed by atoms with Crippen LogP contribution in [0.3, 0.4) is 0 Å². The molecule has 1 aliphatic rings. The molecule has 7 nitrogen and oxygen atoms in total. The van der Waals surface area contributed by atoms with Crippen LogP contribution >= 0.6 is 0 Å². The molecule has 0 spiro atoms. The maximum Gasteiger partial charge on any atom is 0.407 e. The van der Waals surface area contributed by atoms with Crippen LogP contribution in [0.5, 0.6) is 0 Å². The SMILES string of the molecule is CC1CCCC(C)(CC(C)(CCO[N+](=O)[O-])CNC(=O)OC(C)(C)C)C1. The van der Waals surface area contributed by atoms with Crippen molar-refractivity contribution in [3.05, 3.63) is 10.1 Å². The van der Waals surface area contributed by atoms with Crippen molar-refractivity contribution in [1.29, 1.82) is 0 Å². The second-order valence-corrected chi connectivity index (χ2v) is 9.66. The molecule has 0 radical (unpaired) electrons. The lowest BCUT2D eigenvalue weighted by molar-refractivity contribution is -0.758. The standard InChI is InChI=1S/C19H36N2O5/c1-15-8-7-9-18(5,12-15)13-19(6,10-11-25-21(23)24)14-20-16(22)26-17(2,3)4/h15H,7-14H2,1-6H3,(H,20,22). The first-order valence-corrected chi connectivity index (χ1v) is 9.57. The van der Waals surface area contributed by atoms with Crippen molar-refractivity contribution in [2.75, 3.05) is 13.2 Å². The molecule has 1 saturated carbocycles. The first kappa shape index (κ1) is 22.5. The Labute approximate surface area is 157 Å². The van der Waals surface area contributed by atoms with E-state index in [1.165, 1.54) is 12.8 Å². The minimum atomic E-state index is -0.758. The summed E-state index contributed by atoms with van der Waals surface area (Å²) in [4.78, 5) is 27.1. The van der Waals surface area contributed by atoms with E-state index in [4.69, 9.17) is 4.74 Å². The third-order valence-corrected chi connectivity index (χ3v) is 5.13. The van der Waals surface area contributed by atoms with E-state index in [0.29, 0.717) is 18.9 Å². The molecular formula is C19H36N2O5. The van der Waals surface area contributed by atoms with Crippen molar-refractivity contribution < 1.29 is 19.5 Å². The number of ether oxygens (including phenoxy) is 1. The molecule has 152 valence electrons. The second kappa shape index (κ2) is 8.91. The lowest BCUT2D eigenvalue weighted by Gasteiger charge is -2.44. The van der Waals surface area contributed by atoms with Crippen LogP contribution in [0.2, 0.25) is 0 Å². The van der Waals surface area contributed by atoms with E-state index in [0.717, 1.165) is 19.3 Å². The molecule has 0 heterocycles. The molecular weight excluding hydrogens is 336 g/mol. The molecule has 0 aromatic heterocycles. The summed E-state index contributed by atoms with van der Waals surface area (Å²) in [5.41, 5.74) is -0.671. The lowest BCUT2D eigenvalue weighted by Crippen LogP contribution is -2.42. The van der Waals surface area contributed by atoms with Gasteiger partial charge in [-0.05, 0) is 63.2 Å². The van der Waals surface area contributed by atoms with Crippen LogP contribution in [-0.2, 0) is 9.57 Å². The number of rotatable bonds is 8. The summed E-state index contributed by atoms with van der Waals surface area (Å²) in [6.45, 7) is 12.5. The van der Waals surface area contributed by atoms with Crippen LogP contribution in [0, 0.1) is 26.9 Å². The molecule has 0 bridgehead atoms. The van der Waals surface area contributed by atoms with Gasteiger partial charge < -0.3 is 14.9 Å². The molecule has 1 N–H and O–H groups in total. The van der Waals surface area contributed by atoms with Crippen LogP contribution in [0.1, 0.15) is 80.1 Å². The number of hydrogen-bond acceptors (Lipinski definition) is 5. The molecule has 1 aliphatic carbocycles. The van der Waals surface area contributed by atoms with Crippen molar-refractivity contribution in [3.8, 4) is 0 Å². The highest BCUT2D eigenvalue weighted by Crippen LogP contribution is 2.47. The minimum Gasteiger partial charge on any atom is -0.444 e. The number of alkyl carbamates (subject to hydrolysis) is 1. The third kappa shape index (κ3) is 8.72. The third-order valence-electron chi connectivity index (χ3n) is 5.13. The first-order valence-electron chi connectivity index (χ1n) is 9.57. The highest BCUT2D eigenvalue weighted by Gasteiger charge is 2.38. The quantitative estimate of drug-likeness (QED) is 0.491. The Hall–Kier alpha value is -1.53. The van der Waals surface area contributed by atoms with E-state index in [1.54, 1.807) is 0 Å². The fourth-order valence-corrected chi connectivity index (χ4v) is 4.32. The molecule has 26 heavy (non-hydrogen) atoms. The summed E-state index contributed by atoms with van der Waals surface area (Å²) in [5.74, 6) is 0.687. The van der Waals surface area contributed by atoms with Gasteiger partial charge in [-0.2, -0.15) is 0 Å². The predicted octanol–water partition coefficient (Wildman–Crippen LogP) is 4.72. The van der Waals surface area contributed by atoms with Crippen molar-refractivity contribution >= 4 is 6.09 Å². The summed E-state index contributed by atoms with van der Waals surface area (Å²) in [6, 6.07) is 0. The molecule has 0 saturated heterocycles. The van der Waals surface area contributed by atoms with E-state index in [1.807, 2.05) is 20.8 Å². The van der Waals surface area contributed by atoms with Gasteiger partial charge in [0.25, 0.3) is 5.09 Å². The monoisotopic (exact) mass is 372 g/mol. The van der Waals surface area contributed by atoms with Gasteiger partial charge in [0, 0.05) is 6.54 Å². The van der Waals surface area contributed by atoms with Crippen LogP contribution < -0.4 is 5.32 Å². The Balaban J connectivity index is 2.74. The van der Waals surface area contributed by atoms with E-state index >= 15 is 0 Å². The largest absolute Gasteiger partial charge is 0.444 e. The molecule has 0 aromatic carbocycles. The van der Waals surface area contributed by atoms with Crippen molar-refractivity contribution in [2.24, 2.45) is 16.7 Å². The first-order chi connectivity index (χ1) is 11.8. The molecule has 1 fully saturated rings. The van der Waals surface area contributed by atoms with E-state index in [-0.39, 0.29) is 17.4 Å². The van der Waals surface area contributed by atoms with Gasteiger partial charge >= 0.3 is 6.09 Å². The maximum atomic E-state index is 12.0. The summed E-state index contributed by atoms with van der Waals surface area (Å²) >= 11 is 0. The molecule has 7 heteroatoms. The van der Waals surface area contributed by atoms with Crippen molar-refractivity contribution in [2.45, 2.75) is 85.7 Å². The van der Waals surface area contributed by atoms with E-state index in [2.05, 4.69) is 30.9 Å².